The number of hydrogen-bond donors (Lipinski definition) is 2. The third-order valence-electron chi connectivity index (χ3n) is 6.71. The number of amides is 1. The molecule has 4 aromatic rings. The van der Waals surface area contributed by atoms with Crippen molar-refractivity contribution in [3.63, 3.8) is 0 Å². The van der Waals surface area contributed by atoms with Gasteiger partial charge in [0.1, 0.15) is 16.2 Å². The summed E-state index contributed by atoms with van der Waals surface area (Å²) in [6.45, 7) is 0.615. The van der Waals surface area contributed by atoms with Gasteiger partial charge in [-0.1, -0.05) is 48.6 Å². The third kappa shape index (κ3) is 6.01. The number of rotatable bonds is 10. The molecule has 2 aromatic heterocycles. The lowest BCUT2D eigenvalue weighted by molar-refractivity contribution is -0.128. The standard InChI is InChI=1S/C30H29NO5S/c32-24(18-20-5-3-7-21(17-20)27-19-22-6-1-2-9-26(22)36-27)12-10-23-11-15-29(33)31(23)16-4-8-25-13-14-28(37-25)30(34)35/h1-3,5-7,9-10,12-14,17,19,23-24,32H,4,8,11,15-16,18H2,(H,34,35)/t23-,24+/m0/s1. The van der Waals surface area contributed by atoms with Crippen molar-refractivity contribution in [2.45, 2.75) is 44.2 Å². The van der Waals surface area contributed by atoms with E-state index in [1.165, 1.54) is 11.3 Å². The van der Waals surface area contributed by atoms with Crippen LogP contribution in [0.5, 0.6) is 0 Å². The molecule has 2 atom stereocenters. The topological polar surface area (TPSA) is 91.0 Å². The highest BCUT2D eigenvalue weighted by Crippen LogP contribution is 2.28. The van der Waals surface area contributed by atoms with E-state index in [0.29, 0.717) is 24.3 Å². The number of aryl methyl sites for hydroxylation is 1. The van der Waals surface area contributed by atoms with Crippen LogP contribution >= 0.6 is 11.3 Å². The third-order valence-corrected chi connectivity index (χ3v) is 7.84. The Kier molecular flexibility index (Phi) is 7.53. The Balaban J connectivity index is 1.17. The maximum atomic E-state index is 12.4. The van der Waals surface area contributed by atoms with Crippen LogP contribution in [0.15, 0.2) is 83.3 Å². The van der Waals surface area contributed by atoms with Crippen LogP contribution in [0.25, 0.3) is 22.3 Å². The minimum atomic E-state index is -0.906. The number of aromatic carboxylic acids is 1. The Hall–Kier alpha value is -3.68. The Morgan fingerprint density at radius 3 is 2.81 bits per heavy atom. The van der Waals surface area contributed by atoms with E-state index < -0.39 is 12.1 Å². The molecule has 7 heteroatoms. The van der Waals surface area contributed by atoms with Crippen LogP contribution in [0.2, 0.25) is 0 Å². The van der Waals surface area contributed by atoms with Crippen LogP contribution in [-0.4, -0.2) is 45.7 Å². The van der Waals surface area contributed by atoms with Gasteiger partial charge in [0.25, 0.3) is 0 Å². The zero-order valence-corrected chi connectivity index (χ0v) is 21.2. The molecular weight excluding hydrogens is 486 g/mol. The fourth-order valence-corrected chi connectivity index (χ4v) is 5.73. The predicted octanol–water partition coefficient (Wildman–Crippen LogP) is 5.94. The Bertz CT molecular complexity index is 1400. The van der Waals surface area contributed by atoms with Gasteiger partial charge < -0.3 is 19.5 Å². The number of carbonyl (C=O) groups excluding carboxylic acids is 1. The van der Waals surface area contributed by atoms with Crippen molar-refractivity contribution in [2.24, 2.45) is 0 Å². The first-order valence-corrected chi connectivity index (χ1v) is 13.3. The summed E-state index contributed by atoms with van der Waals surface area (Å²) < 4.78 is 5.98. The van der Waals surface area contributed by atoms with Crippen LogP contribution < -0.4 is 0 Å². The quantitative estimate of drug-likeness (QED) is 0.255. The number of likely N-dealkylation sites (tertiary alicyclic amines) is 1. The molecule has 0 spiro atoms. The van der Waals surface area contributed by atoms with Gasteiger partial charge in [-0.15, -0.1) is 11.3 Å². The second-order valence-corrected chi connectivity index (χ2v) is 10.5. The molecule has 1 saturated heterocycles. The van der Waals surface area contributed by atoms with E-state index in [1.807, 2.05) is 71.6 Å². The normalized spacial score (nSPS) is 16.7. The lowest BCUT2D eigenvalue weighted by Gasteiger charge is -2.22. The van der Waals surface area contributed by atoms with E-state index in [2.05, 4.69) is 0 Å². The second kappa shape index (κ2) is 11.2. The molecule has 0 aliphatic carbocycles. The number of aliphatic hydroxyl groups excluding tert-OH is 1. The average Bonchev–Trinajstić information content (AvgIpc) is 3.62. The molecule has 0 bridgehead atoms. The summed E-state index contributed by atoms with van der Waals surface area (Å²) in [5.41, 5.74) is 2.83. The number of benzene rings is 2. The summed E-state index contributed by atoms with van der Waals surface area (Å²) in [6, 6.07) is 21.4. The molecule has 1 aliphatic heterocycles. The lowest BCUT2D eigenvalue weighted by Crippen LogP contribution is -2.33. The summed E-state index contributed by atoms with van der Waals surface area (Å²) in [6.07, 6.45) is 6.31. The maximum absolute atomic E-state index is 12.4. The predicted molar refractivity (Wildman–Crippen MR) is 145 cm³/mol. The molecule has 1 aliphatic rings. The Morgan fingerprint density at radius 2 is 2.00 bits per heavy atom. The molecule has 1 amide bonds. The average molecular weight is 516 g/mol. The van der Waals surface area contributed by atoms with Gasteiger partial charge in [-0.25, -0.2) is 4.79 Å². The fraction of sp³-hybridized carbons (Fsp3) is 0.267. The van der Waals surface area contributed by atoms with Crippen LogP contribution in [0.1, 0.15) is 39.4 Å². The molecule has 190 valence electrons. The van der Waals surface area contributed by atoms with Crippen LogP contribution in [0.4, 0.5) is 0 Å². The summed E-state index contributed by atoms with van der Waals surface area (Å²) in [5, 5.41) is 20.8. The SMILES string of the molecule is O=C(O)c1ccc(CCCN2C(=O)CC[C@@H]2C=C[C@@H](O)Cc2cccc(-c3cc4ccccc4o3)c2)s1. The molecule has 37 heavy (non-hydrogen) atoms. The van der Waals surface area contributed by atoms with E-state index in [1.54, 1.807) is 12.1 Å². The zero-order valence-electron chi connectivity index (χ0n) is 20.4. The second-order valence-electron chi connectivity index (χ2n) is 9.37. The van der Waals surface area contributed by atoms with Crippen molar-refractivity contribution >= 4 is 34.2 Å². The van der Waals surface area contributed by atoms with E-state index in [0.717, 1.165) is 52.0 Å². The number of thiophene rings is 1. The van der Waals surface area contributed by atoms with Crippen LogP contribution in [0.3, 0.4) is 0 Å². The molecule has 5 rings (SSSR count). The minimum absolute atomic E-state index is 0.0260. The number of carboxylic acids is 1. The molecule has 1 fully saturated rings. The molecule has 3 heterocycles. The monoisotopic (exact) mass is 515 g/mol. The lowest BCUT2D eigenvalue weighted by atomic mass is 10.0. The molecule has 6 nitrogen and oxygen atoms in total. The zero-order chi connectivity index (χ0) is 25.8. The maximum Gasteiger partial charge on any atom is 0.345 e. The van der Waals surface area contributed by atoms with Crippen molar-refractivity contribution in [1.82, 2.24) is 4.90 Å². The summed E-state index contributed by atoms with van der Waals surface area (Å²) >= 11 is 1.28. The number of furan rings is 1. The van der Waals surface area contributed by atoms with Crippen molar-refractivity contribution in [1.29, 1.82) is 0 Å². The van der Waals surface area contributed by atoms with Crippen molar-refractivity contribution in [3.05, 3.63) is 94.2 Å². The van der Waals surface area contributed by atoms with Crippen molar-refractivity contribution in [2.75, 3.05) is 6.54 Å². The summed E-state index contributed by atoms with van der Waals surface area (Å²) in [7, 11) is 0. The van der Waals surface area contributed by atoms with E-state index in [9.17, 15) is 14.7 Å². The molecule has 0 saturated carbocycles. The number of carboxylic acid groups (broad SMARTS) is 1. The van der Waals surface area contributed by atoms with Gasteiger partial charge in [0.2, 0.25) is 5.91 Å². The molecular formula is C30H29NO5S. The smallest absolute Gasteiger partial charge is 0.345 e. The van der Waals surface area contributed by atoms with Gasteiger partial charge in [-0.3, -0.25) is 4.79 Å². The van der Waals surface area contributed by atoms with Crippen LogP contribution in [-0.2, 0) is 17.6 Å². The molecule has 2 N–H and O–H groups in total. The van der Waals surface area contributed by atoms with Gasteiger partial charge in [0.05, 0.1) is 12.1 Å². The van der Waals surface area contributed by atoms with E-state index in [-0.39, 0.29) is 11.9 Å². The van der Waals surface area contributed by atoms with Crippen LogP contribution in [0, 0.1) is 0 Å². The Morgan fingerprint density at radius 1 is 1.14 bits per heavy atom. The first-order valence-electron chi connectivity index (χ1n) is 12.5. The highest BCUT2D eigenvalue weighted by Gasteiger charge is 2.28. The van der Waals surface area contributed by atoms with Gasteiger partial charge in [0.15, 0.2) is 0 Å². The fourth-order valence-electron chi connectivity index (χ4n) is 4.84. The molecule has 2 aromatic carbocycles. The number of fused-ring (bicyclic) bond motifs is 1. The summed E-state index contributed by atoms with van der Waals surface area (Å²) in [4.78, 5) is 26.7. The minimum Gasteiger partial charge on any atom is -0.477 e. The highest BCUT2D eigenvalue weighted by molar-refractivity contribution is 7.13. The highest BCUT2D eigenvalue weighted by atomic mass is 32.1. The molecule has 0 radical (unpaired) electrons. The number of para-hydroxylation sites is 1. The number of hydrogen-bond acceptors (Lipinski definition) is 5. The van der Waals surface area contributed by atoms with E-state index >= 15 is 0 Å². The van der Waals surface area contributed by atoms with Gasteiger partial charge in [-0.05, 0) is 55.2 Å². The number of aliphatic hydroxyl groups is 1. The number of carbonyl (C=O) groups is 2. The summed E-state index contributed by atoms with van der Waals surface area (Å²) in [5.74, 6) is 0.0194. The van der Waals surface area contributed by atoms with Gasteiger partial charge in [-0.2, -0.15) is 0 Å². The largest absolute Gasteiger partial charge is 0.477 e. The first kappa shape index (κ1) is 25.0. The molecule has 0 unspecified atom stereocenters. The number of nitrogens with zero attached hydrogens (tertiary/aromatic N) is 1. The van der Waals surface area contributed by atoms with Gasteiger partial charge >= 0.3 is 5.97 Å². The van der Waals surface area contributed by atoms with E-state index in [4.69, 9.17) is 9.52 Å². The van der Waals surface area contributed by atoms with Crippen molar-refractivity contribution < 1.29 is 24.2 Å². The van der Waals surface area contributed by atoms with Gasteiger partial charge in [0, 0.05) is 35.2 Å². The Labute approximate surface area is 219 Å². The first-order chi connectivity index (χ1) is 18.0. The van der Waals surface area contributed by atoms with Crippen molar-refractivity contribution in [3.8, 4) is 11.3 Å².